The maximum Gasteiger partial charge on any atom is 0.299 e. The van der Waals surface area contributed by atoms with Crippen molar-refractivity contribution in [3.8, 4) is 11.4 Å². The van der Waals surface area contributed by atoms with Crippen LogP contribution in [0.4, 0.5) is 0 Å². The highest BCUT2D eigenvalue weighted by Crippen LogP contribution is 2.23. The van der Waals surface area contributed by atoms with E-state index in [-0.39, 0.29) is 5.75 Å². The number of fused-ring (bicyclic) bond motifs is 1. The van der Waals surface area contributed by atoms with Crippen LogP contribution in [0.3, 0.4) is 0 Å². The quantitative estimate of drug-likeness (QED) is 0.737. The largest absolute Gasteiger partial charge is 0.506 e. The molecule has 0 aliphatic rings. The molecule has 5 nitrogen and oxygen atoms in total. The molecule has 0 radical (unpaired) electrons. The number of phenols is 1. The first-order chi connectivity index (χ1) is 9.16. The van der Waals surface area contributed by atoms with Gasteiger partial charge < -0.3 is 5.11 Å². The number of aromatic nitrogens is 3. The lowest BCUT2D eigenvalue weighted by molar-refractivity contribution is 0.469. The van der Waals surface area contributed by atoms with Crippen LogP contribution in [-0.2, 0) is 0 Å². The van der Waals surface area contributed by atoms with Gasteiger partial charge in [-0.25, -0.2) is 4.68 Å². The van der Waals surface area contributed by atoms with E-state index in [1.807, 2.05) is 0 Å². The van der Waals surface area contributed by atoms with Gasteiger partial charge >= 0.3 is 0 Å². The molecule has 2 aromatic carbocycles. The Balaban J connectivity index is 2.41. The van der Waals surface area contributed by atoms with Crippen LogP contribution >= 0.6 is 11.6 Å². The van der Waals surface area contributed by atoms with E-state index in [1.54, 1.807) is 30.3 Å². The molecule has 19 heavy (non-hydrogen) atoms. The molecule has 0 aliphatic heterocycles. The molecule has 6 heteroatoms. The van der Waals surface area contributed by atoms with Crippen molar-refractivity contribution in [1.82, 2.24) is 15.0 Å². The number of aromatic hydroxyl groups is 1. The van der Waals surface area contributed by atoms with Crippen molar-refractivity contribution >= 4 is 22.5 Å². The van der Waals surface area contributed by atoms with Gasteiger partial charge in [-0.15, -0.1) is 0 Å². The zero-order chi connectivity index (χ0) is 13.4. The molecule has 3 rings (SSSR count). The first-order valence-corrected chi connectivity index (χ1v) is 5.88. The third-order valence-corrected chi connectivity index (χ3v) is 2.99. The summed E-state index contributed by atoms with van der Waals surface area (Å²) in [4.78, 5) is 11.7. The van der Waals surface area contributed by atoms with Gasteiger partial charge in [-0.2, -0.15) is 0 Å². The summed E-state index contributed by atoms with van der Waals surface area (Å²) in [7, 11) is 0. The average Bonchev–Trinajstić information content (AvgIpc) is 2.41. The van der Waals surface area contributed by atoms with Gasteiger partial charge in [0.2, 0.25) is 0 Å². The highest BCUT2D eigenvalue weighted by molar-refractivity contribution is 6.31. The minimum absolute atomic E-state index is 0.0525. The van der Waals surface area contributed by atoms with Gasteiger partial charge in [0.25, 0.3) is 5.56 Å². The molecule has 0 spiro atoms. The number of nitrogens with zero attached hydrogens (tertiary/aromatic N) is 3. The van der Waals surface area contributed by atoms with Gasteiger partial charge in [-0.1, -0.05) is 34.0 Å². The van der Waals surface area contributed by atoms with Crippen LogP contribution in [0, 0.1) is 0 Å². The lowest BCUT2D eigenvalue weighted by Crippen LogP contribution is -2.16. The summed E-state index contributed by atoms with van der Waals surface area (Å²) in [6.45, 7) is 0. The van der Waals surface area contributed by atoms with Crippen LogP contribution in [0.5, 0.6) is 5.75 Å². The summed E-state index contributed by atoms with van der Waals surface area (Å²) in [5, 5.41) is 18.0. The Morgan fingerprint density at radius 3 is 2.74 bits per heavy atom. The number of benzene rings is 2. The Hall–Kier alpha value is -2.40. The normalized spacial score (nSPS) is 10.8. The summed E-state index contributed by atoms with van der Waals surface area (Å²) in [6.07, 6.45) is 0. The topological polar surface area (TPSA) is 68.0 Å². The molecule has 0 atom stereocenters. The predicted octanol–water partition coefficient (Wildman–Crippen LogP) is 2.14. The van der Waals surface area contributed by atoms with E-state index in [2.05, 4.69) is 10.3 Å². The van der Waals surface area contributed by atoms with Crippen LogP contribution in [0.1, 0.15) is 0 Å². The third kappa shape index (κ3) is 1.94. The minimum Gasteiger partial charge on any atom is -0.506 e. The van der Waals surface area contributed by atoms with E-state index in [9.17, 15) is 9.90 Å². The highest BCUT2D eigenvalue weighted by atomic mass is 35.5. The van der Waals surface area contributed by atoms with Crippen molar-refractivity contribution < 1.29 is 5.11 Å². The number of hydrogen-bond acceptors (Lipinski definition) is 4. The lowest BCUT2D eigenvalue weighted by atomic mass is 10.2. The highest BCUT2D eigenvalue weighted by Gasteiger charge is 2.10. The summed E-state index contributed by atoms with van der Waals surface area (Å²) in [5.41, 5.74) is 0.525. The molecule has 0 amide bonds. The van der Waals surface area contributed by atoms with Gasteiger partial charge in [0, 0.05) is 5.02 Å². The molecule has 1 heterocycles. The second-order valence-electron chi connectivity index (χ2n) is 3.96. The molecule has 0 fully saturated rings. The third-order valence-electron chi connectivity index (χ3n) is 2.75. The average molecular weight is 274 g/mol. The van der Waals surface area contributed by atoms with Crippen LogP contribution in [0.2, 0.25) is 5.02 Å². The zero-order valence-electron chi connectivity index (χ0n) is 9.62. The van der Waals surface area contributed by atoms with Crippen molar-refractivity contribution in [2.24, 2.45) is 0 Å². The molecule has 94 valence electrons. The molecular formula is C13H8ClN3O2. The van der Waals surface area contributed by atoms with E-state index in [4.69, 9.17) is 11.6 Å². The Kier molecular flexibility index (Phi) is 2.68. The fourth-order valence-electron chi connectivity index (χ4n) is 1.87. The second-order valence-corrected chi connectivity index (χ2v) is 4.39. The van der Waals surface area contributed by atoms with Crippen LogP contribution in [0.25, 0.3) is 16.6 Å². The molecule has 0 unspecified atom stereocenters. The van der Waals surface area contributed by atoms with Gasteiger partial charge in [0.1, 0.15) is 11.4 Å². The standard InChI is InChI=1S/C13H8ClN3O2/c14-8-5-6-10-9(7-8)13(19)15-16-17(10)11-3-1-2-4-12(11)18/h1-7,18H. The number of halogens is 1. The molecule has 1 N–H and O–H groups in total. The fourth-order valence-corrected chi connectivity index (χ4v) is 2.04. The van der Waals surface area contributed by atoms with Gasteiger partial charge in [-0.05, 0) is 30.3 Å². The van der Waals surface area contributed by atoms with E-state index < -0.39 is 5.56 Å². The second kappa shape index (κ2) is 4.37. The van der Waals surface area contributed by atoms with E-state index >= 15 is 0 Å². The molecular weight excluding hydrogens is 266 g/mol. The monoisotopic (exact) mass is 273 g/mol. The number of rotatable bonds is 1. The first kappa shape index (κ1) is 11.7. The maximum absolute atomic E-state index is 11.7. The molecule has 1 aromatic heterocycles. The van der Waals surface area contributed by atoms with E-state index in [1.165, 1.54) is 16.8 Å². The van der Waals surface area contributed by atoms with Crippen molar-refractivity contribution in [1.29, 1.82) is 0 Å². The van der Waals surface area contributed by atoms with Crippen molar-refractivity contribution in [2.45, 2.75) is 0 Å². The Morgan fingerprint density at radius 2 is 1.95 bits per heavy atom. The van der Waals surface area contributed by atoms with E-state index in [0.717, 1.165) is 0 Å². The fraction of sp³-hybridized carbons (Fsp3) is 0. The number of hydrogen-bond donors (Lipinski definition) is 1. The molecule has 0 saturated heterocycles. The summed E-state index contributed by atoms with van der Waals surface area (Å²) >= 11 is 5.87. The van der Waals surface area contributed by atoms with Gasteiger partial charge in [-0.3, -0.25) is 4.79 Å². The minimum atomic E-state index is -0.454. The summed E-state index contributed by atoms with van der Waals surface area (Å²) in [6, 6.07) is 11.5. The predicted molar refractivity (Wildman–Crippen MR) is 71.8 cm³/mol. The van der Waals surface area contributed by atoms with Crippen molar-refractivity contribution in [2.75, 3.05) is 0 Å². The molecule has 0 saturated carbocycles. The van der Waals surface area contributed by atoms with Crippen LogP contribution < -0.4 is 5.56 Å². The van der Waals surface area contributed by atoms with Crippen LogP contribution in [-0.4, -0.2) is 20.1 Å². The number of phenolic OH excluding ortho intramolecular Hbond substituents is 1. The summed E-state index contributed by atoms with van der Waals surface area (Å²) < 4.78 is 1.41. The van der Waals surface area contributed by atoms with Gasteiger partial charge in [0.05, 0.1) is 10.9 Å². The molecule has 3 aromatic rings. The van der Waals surface area contributed by atoms with Crippen molar-refractivity contribution in [3.63, 3.8) is 0 Å². The Labute approximate surface area is 112 Å². The smallest absolute Gasteiger partial charge is 0.299 e. The van der Waals surface area contributed by atoms with Gasteiger partial charge in [0.15, 0.2) is 0 Å². The Bertz CT molecular complexity index is 829. The zero-order valence-corrected chi connectivity index (χ0v) is 10.4. The maximum atomic E-state index is 11.7. The van der Waals surface area contributed by atoms with Crippen LogP contribution in [0.15, 0.2) is 47.3 Å². The first-order valence-electron chi connectivity index (χ1n) is 5.50. The SMILES string of the molecule is O=c1nnn(-c2ccccc2O)c2ccc(Cl)cc12. The number of para-hydroxylation sites is 2. The molecule has 0 bridgehead atoms. The van der Waals surface area contributed by atoms with Crippen molar-refractivity contribution in [3.05, 3.63) is 57.8 Å². The lowest BCUT2D eigenvalue weighted by Gasteiger charge is -2.09. The van der Waals surface area contributed by atoms with E-state index in [0.29, 0.717) is 21.6 Å². The Morgan fingerprint density at radius 1 is 1.16 bits per heavy atom. The molecule has 0 aliphatic carbocycles. The summed E-state index contributed by atoms with van der Waals surface area (Å²) in [5.74, 6) is 0.0525.